The monoisotopic (exact) mass is 297 g/mol. The van der Waals surface area contributed by atoms with E-state index in [-0.39, 0.29) is 17.5 Å². The van der Waals surface area contributed by atoms with Crippen molar-refractivity contribution in [1.82, 2.24) is 5.32 Å². The summed E-state index contributed by atoms with van der Waals surface area (Å²) in [5.41, 5.74) is -2.35. The first-order chi connectivity index (χ1) is 9.18. The van der Waals surface area contributed by atoms with E-state index in [1.54, 1.807) is 0 Å². The Morgan fingerprint density at radius 3 is 1.65 bits per heavy atom. The van der Waals surface area contributed by atoms with E-state index in [1.165, 1.54) is 0 Å². The molecular weight excluding hydrogens is 284 g/mol. The van der Waals surface area contributed by atoms with Crippen LogP contribution in [0.15, 0.2) is 18.2 Å². The third-order valence-corrected chi connectivity index (χ3v) is 3.42. The molecule has 1 saturated heterocycles. The van der Waals surface area contributed by atoms with E-state index in [2.05, 4.69) is 5.32 Å². The highest BCUT2D eigenvalue weighted by atomic mass is 19.4. The van der Waals surface area contributed by atoms with Gasteiger partial charge in [-0.05, 0) is 55.6 Å². The highest BCUT2D eigenvalue weighted by Gasteiger charge is 2.37. The third-order valence-electron chi connectivity index (χ3n) is 3.42. The molecule has 7 heteroatoms. The summed E-state index contributed by atoms with van der Waals surface area (Å²) in [6.45, 7) is 1.20. The molecule has 0 unspecified atom stereocenters. The first-order valence-corrected chi connectivity index (χ1v) is 6.18. The average molecular weight is 297 g/mol. The quantitative estimate of drug-likeness (QED) is 0.766. The predicted octanol–water partition coefficient (Wildman–Crippen LogP) is 4.19. The summed E-state index contributed by atoms with van der Waals surface area (Å²) < 4.78 is 76.3. The zero-order chi connectivity index (χ0) is 15.0. The molecule has 0 atom stereocenters. The molecule has 1 aliphatic heterocycles. The van der Waals surface area contributed by atoms with Crippen LogP contribution in [-0.4, -0.2) is 13.1 Å². The van der Waals surface area contributed by atoms with Crippen LogP contribution in [0.3, 0.4) is 0 Å². The number of nitrogens with one attached hydrogen (secondary N) is 1. The Balaban J connectivity index is 2.45. The maximum absolute atomic E-state index is 12.7. The van der Waals surface area contributed by atoms with Crippen molar-refractivity contribution in [2.24, 2.45) is 0 Å². The number of hydrogen-bond acceptors (Lipinski definition) is 1. The number of rotatable bonds is 1. The van der Waals surface area contributed by atoms with E-state index in [9.17, 15) is 26.3 Å². The van der Waals surface area contributed by atoms with Gasteiger partial charge >= 0.3 is 12.4 Å². The minimum atomic E-state index is -4.77. The molecule has 0 saturated carbocycles. The molecule has 0 aromatic heterocycles. The lowest BCUT2D eigenvalue weighted by Crippen LogP contribution is -2.27. The molecule has 0 radical (unpaired) electrons. The molecule has 0 bridgehead atoms. The van der Waals surface area contributed by atoms with E-state index >= 15 is 0 Å². The number of benzene rings is 1. The van der Waals surface area contributed by atoms with E-state index in [1.807, 2.05) is 0 Å². The molecule has 1 N–H and O–H groups in total. The van der Waals surface area contributed by atoms with Crippen molar-refractivity contribution in [2.75, 3.05) is 13.1 Å². The van der Waals surface area contributed by atoms with Crippen molar-refractivity contribution in [3.8, 4) is 0 Å². The second-order valence-electron chi connectivity index (χ2n) is 4.86. The van der Waals surface area contributed by atoms with Crippen molar-refractivity contribution in [1.29, 1.82) is 0 Å². The number of alkyl halides is 6. The van der Waals surface area contributed by atoms with Crippen LogP contribution in [0.5, 0.6) is 0 Å². The molecule has 1 aromatic carbocycles. The van der Waals surface area contributed by atoms with Crippen molar-refractivity contribution < 1.29 is 26.3 Å². The summed E-state index contributed by atoms with van der Waals surface area (Å²) in [5.74, 6) is -0.264. The Morgan fingerprint density at radius 2 is 1.25 bits per heavy atom. The molecule has 0 amide bonds. The normalized spacial score (nSPS) is 18.3. The summed E-state index contributed by atoms with van der Waals surface area (Å²) in [6.07, 6.45) is -8.47. The van der Waals surface area contributed by atoms with Gasteiger partial charge in [0.05, 0.1) is 11.1 Å². The van der Waals surface area contributed by atoms with Gasteiger partial charge < -0.3 is 5.32 Å². The Bertz CT molecular complexity index is 438. The van der Waals surface area contributed by atoms with Gasteiger partial charge in [-0.15, -0.1) is 0 Å². The van der Waals surface area contributed by atoms with Crippen molar-refractivity contribution in [2.45, 2.75) is 31.1 Å². The van der Waals surface area contributed by atoms with Gasteiger partial charge in [-0.2, -0.15) is 26.3 Å². The van der Waals surface area contributed by atoms with Gasteiger partial charge in [-0.3, -0.25) is 0 Å². The summed E-state index contributed by atoms with van der Waals surface area (Å²) in [7, 11) is 0. The maximum atomic E-state index is 12.7. The number of hydrogen-bond donors (Lipinski definition) is 1. The second-order valence-corrected chi connectivity index (χ2v) is 4.86. The van der Waals surface area contributed by atoms with Crippen LogP contribution >= 0.6 is 0 Å². The fourth-order valence-electron chi connectivity index (χ4n) is 2.37. The standard InChI is InChI=1S/C13H13F6N/c14-12(15,16)10-5-9(8-1-3-20-4-2-8)6-11(7-10)13(17,18)19/h5-8,20H,1-4H2. The summed E-state index contributed by atoms with van der Waals surface area (Å²) >= 11 is 0. The minimum absolute atomic E-state index is 0.119. The minimum Gasteiger partial charge on any atom is -0.317 e. The van der Waals surface area contributed by atoms with Crippen molar-refractivity contribution >= 4 is 0 Å². The molecule has 1 fully saturated rings. The topological polar surface area (TPSA) is 12.0 Å². The van der Waals surface area contributed by atoms with Crippen LogP contribution < -0.4 is 5.32 Å². The largest absolute Gasteiger partial charge is 0.416 e. The zero-order valence-corrected chi connectivity index (χ0v) is 10.4. The molecule has 2 rings (SSSR count). The number of halogens is 6. The van der Waals surface area contributed by atoms with E-state index in [0.717, 1.165) is 12.1 Å². The predicted molar refractivity (Wildman–Crippen MR) is 61.3 cm³/mol. The van der Waals surface area contributed by atoms with Crippen LogP contribution in [0.1, 0.15) is 35.4 Å². The van der Waals surface area contributed by atoms with Gasteiger partial charge in [0.1, 0.15) is 0 Å². The molecule has 1 nitrogen and oxygen atoms in total. The van der Waals surface area contributed by atoms with E-state index in [4.69, 9.17) is 0 Å². The fraction of sp³-hybridized carbons (Fsp3) is 0.538. The molecule has 1 aromatic rings. The number of piperidine rings is 1. The summed E-state index contributed by atoms with van der Waals surface area (Å²) in [6, 6.07) is 1.85. The Hall–Kier alpha value is -1.24. The van der Waals surface area contributed by atoms with Gasteiger partial charge in [0.25, 0.3) is 0 Å². The second kappa shape index (κ2) is 5.27. The lowest BCUT2D eigenvalue weighted by molar-refractivity contribution is -0.143. The van der Waals surface area contributed by atoms with Crippen molar-refractivity contribution in [3.05, 3.63) is 34.9 Å². The summed E-state index contributed by atoms with van der Waals surface area (Å²) in [5, 5.41) is 3.03. The first kappa shape index (κ1) is 15.2. The van der Waals surface area contributed by atoms with Crippen LogP contribution in [0, 0.1) is 0 Å². The molecular formula is C13H13F6N. The van der Waals surface area contributed by atoms with Crippen LogP contribution in [0.2, 0.25) is 0 Å². The highest BCUT2D eigenvalue weighted by molar-refractivity contribution is 5.35. The van der Waals surface area contributed by atoms with Gasteiger partial charge in [-0.1, -0.05) is 0 Å². The molecule has 112 valence electrons. The maximum Gasteiger partial charge on any atom is 0.416 e. The third kappa shape index (κ3) is 3.45. The van der Waals surface area contributed by atoms with Crippen molar-refractivity contribution in [3.63, 3.8) is 0 Å². The van der Waals surface area contributed by atoms with Gasteiger partial charge in [0, 0.05) is 0 Å². The Morgan fingerprint density at radius 1 is 0.800 bits per heavy atom. The molecule has 20 heavy (non-hydrogen) atoms. The Labute approximate surface area is 112 Å². The fourth-order valence-corrected chi connectivity index (χ4v) is 2.37. The van der Waals surface area contributed by atoms with Gasteiger partial charge in [0.2, 0.25) is 0 Å². The van der Waals surface area contributed by atoms with Gasteiger partial charge in [-0.25, -0.2) is 0 Å². The molecule has 1 aliphatic rings. The van der Waals surface area contributed by atoms with Crippen LogP contribution in [-0.2, 0) is 12.4 Å². The van der Waals surface area contributed by atoms with Crippen LogP contribution in [0.4, 0.5) is 26.3 Å². The smallest absolute Gasteiger partial charge is 0.317 e. The lowest BCUT2D eigenvalue weighted by Gasteiger charge is -2.24. The zero-order valence-electron chi connectivity index (χ0n) is 10.4. The molecule has 0 spiro atoms. The highest BCUT2D eigenvalue weighted by Crippen LogP contribution is 2.38. The van der Waals surface area contributed by atoms with Crippen LogP contribution in [0.25, 0.3) is 0 Å². The van der Waals surface area contributed by atoms with Gasteiger partial charge in [0.15, 0.2) is 0 Å². The summed E-state index contributed by atoms with van der Waals surface area (Å²) in [4.78, 5) is 0. The Kier molecular flexibility index (Phi) is 4.00. The lowest BCUT2D eigenvalue weighted by atomic mass is 9.88. The average Bonchev–Trinajstić information content (AvgIpc) is 2.37. The molecule has 1 heterocycles. The van der Waals surface area contributed by atoms with E-state index in [0.29, 0.717) is 25.9 Å². The molecule has 0 aliphatic carbocycles. The van der Waals surface area contributed by atoms with E-state index < -0.39 is 23.5 Å². The SMILES string of the molecule is FC(F)(F)c1cc(C2CCNCC2)cc(C(F)(F)F)c1. The first-order valence-electron chi connectivity index (χ1n) is 6.18.